The summed E-state index contributed by atoms with van der Waals surface area (Å²) in [5.41, 5.74) is 0.870. The third-order valence-corrected chi connectivity index (χ3v) is 2.27. The van der Waals surface area contributed by atoms with Crippen molar-refractivity contribution in [3.05, 3.63) is 29.8 Å². The summed E-state index contributed by atoms with van der Waals surface area (Å²) in [5, 5.41) is 12.5. The number of phenols is 1. The van der Waals surface area contributed by atoms with Crippen molar-refractivity contribution in [3.8, 4) is 5.75 Å². The number of hydrogen-bond donors (Lipinski definition) is 2. The number of hydrogen-bond acceptors (Lipinski definition) is 3. The number of benzene rings is 1. The number of carbonyl (C=O) groups is 1. The van der Waals surface area contributed by atoms with E-state index < -0.39 is 0 Å². The predicted molar refractivity (Wildman–Crippen MR) is 64.6 cm³/mol. The lowest BCUT2D eigenvalue weighted by atomic mass is 10.1. The number of aromatic hydroxyl groups is 1. The van der Waals surface area contributed by atoms with Gasteiger partial charge >= 0.3 is 0 Å². The quantitative estimate of drug-likeness (QED) is 0.771. The molecule has 0 spiro atoms. The molecule has 1 rings (SSSR count). The van der Waals surface area contributed by atoms with Gasteiger partial charge in [-0.3, -0.25) is 4.79 Å². The van der Waals surface area contributed by atoms with Gasteiger partial charge in [-0.05, 0) is 17.7 Å². The van der Waals surface area contributed by atoms with Crippen LogP contribution < -0.4 is 5.32 Å². The molecule has 0 aliphatic heterocycles. The Morgan fingerprint density at radius 1 is 1.44 bits per heavy atom. The summed E-state index contributed by atoms with van der Waals surface area (Å²) in [4.78, 5) is 11.6. The van der Waals surface area contributed by atoms with Gasteiger partial charge in [-0.1, -0.05) is 26.0 Å². The van der Waals surface area contributed by atoms with Crippen molar-refractivity contribution >= 4 is 5.78 Å². The Balaban J connectivity index is 2.34. The van der Waals surface area contributed by atoms with Crippen LogP contribution in [0.2, 0.25) is 0 Å². The molecule has 1 aromatic rings. The zero-order valence-corrected chi connectivity index (χ0v) is 9.86. The molecule has 0 saturated carbocycles. The van der Waals surface area contributed by atoms with Crippen LogP contribution in [0.15, 0.2) is 24.3 Å². The highest BCUT2D eigenvalue weighted by Crippen LogP contribution is 2.11. The smallest absolute Gasteiger partial charge is 0.138 e. The topological polar surface area (TPSA) is 49.3 Å². The van der Waals surface area contributed by atoms with Gasteiger partial charge in [0.15, 0.2) is 0 Å². The molecule has 0 heterocycles. The summed E-state index contributed by atoms with van der Waals surface area (Å²) in [6.45, 7) is 4.83. The molecule has 0 amide bonds. The molecule has 1 aromatic carbocycles. The highest BCUT2D eigenvalue weighted by Gasteiger charge is 2.04. The number of carbonyl (C=O) groups excluding carboxylic acids is 1. The van der Waals surface area contributed by atoms with E-state index in [0.717, 1.165) is 12.1 Å². The minimum Gasteiger partial charge on any atom is -0.508 e. The lowest BCUT2D eigenvalue weighted by Crippen LogP contribution is -2.25. The van der Waals surface area contributed by atoms with Crippen LogP contribution in [0.25, 0.3) is 0 Å². The van der Waals surface area contributed by atoms with Gasteiger partial charge in [-0.25, -0.2) is 0 Å². The van der Waals surface area contributed by atoms with Crippen LogP contribution in [0.4, 0.5) is 0 Å². The molecule has 0 unspecified atom stereocenters. The first-order chi connectivity index (χ1) is 7.58. The van der Waals surface area contributed by atoms with Crippen LogP contribution in [-0.2, 0) is 11.2 Å². The van der Waals surface area contributed by atoms with Gasteiger partial charge in [0.05, 0.1) is 0 Å². The van der Waals surface area contributed by atoms with Gasteiger partial charge < -0.3 is 10.4 Å². The maximum atomic E-state index is 11.6. The average Bonchev–Trinajstić information content (AvgIpc) is 2.16. The molecule has 0 aliphatic carbocycles. The number of rotatable bonds is 6. The normalized spacial score (nSPS) is 10.7. The summed E-state index contributed by atoms with van der Waals surface area (Å²) in [6, 6.07) is 7.26. The van der Waals surface area contributed by atoms with Gasteiger partial charge in [0.2, 0.25) is 0 Å². The van der Waals surface area contributed by atoms with Crippen molar-refractivity contribution in [1.29, 1.82) is 0 Å². The van der Waals surface area contributed by atoms with Crippen LogP contribution in [0, 0.1) is 0 Å². The first-order valence-electron chi connectivity index (χ1n) is 5.61. The number of phenolic OH excluding ortho intramolecular Hbond substituents is 1. The van der Waals surface area contributed by atoms with Crippen molar-refractivity contribution in [3.63, 3.8) is 0 Å². The summed E-state index contributed by atoms with van der Waals surface area (Å²) < 4.78 is 0. The minimum atomic E-state index is 0.193. The first kappa shape index (κ1) is 12.7. The fraction of sp³-hybridized carbons (Fsp3) is 0.462. The maximum absolute atomic E-state index is 11.6. The van der Waals surface area contributed by atoms with E-state index in [4.69, 9.17) is 0 Å². The highest BCUT2D eigenvalue weighted by atomic mass is 16.3. The lowest BCUT2D eigenvalue weighted by molar-refractivity contribution is -0.118. The standard InChI is InChI=1S/C13H19NO2/c1-10(2)14-7-6-13(16)9-11-4-3-5-12(15)8-11/h3-5,8,10,14-15H,6-7,9H2,1-2H3. The maximum Gasteiger partial charge on any atom is 0.138 e. The fourth-order valence-corrected chi connectivity index (χ4v) is 1.48. The third kappa shape index (κ3) is 4.94. The molecular formula is C13H19NO2. The molecule has 88 valence electrons. The molecule has 16 heavy (non-hydrogen) atoms. The van der Waals surface area contributed by atoms with E-state index in [9.17, 15) is 9.90 Å². The Morgan fingerprint density at radius 3 is 2.81 bits per heavy atom. The summed E-state index contributed by atoms with van der Waals surface area (Å²) >= 11 is 0. The van der Waals surface area contributed by atoms with Gasteiger partial charge in [0.25, 0.3) is 0 Å². The Morgan fingerprint density at radius 2 is 2.19 bits per heavy atom. The summed E-state index contributed by atoms with van der Waals surface area (Å²) in [6.07, 6.45) is 0.933. The molecule has 0 bridgehead atoms. The van der Waals surface area contributed by atoms with Crippen LogP contribution in [0.3, 0.4) is 0 Å². The second kappa shape index (κ2) is 6.28. The molecule has 0 aliphatic rings. The van der Waals surface area contributed by atoms with Crippen molar-refractivity contribution in [2.24, 2.45) is 0 Å². The molecule has 0 radical (unpaired) electrons. The molecular weight excluding hydrogens is 202 g/mol. The summed E-state index contributed by atoms with van der Waals surface area (Å²) in [5.74, 6) is 0.407. The highest BCUT2D eigenvalue weighted by molar-refractivity contribution is 5.81. The Bertz CT molecular complexity index is 348. The van der Waals surface area contributed by atoms with Gasteiger partial charge in [-0.15, -0.1) is 0 Å². The van der Waals surface area contributed by atoms with E-state index in [1.807, 2.05) is 6.07 Å². The molecule has 0 atom stereocenters. The van der Waals surface area contributed by atoms with Crippen LogP contribution in [-0.4, -0.2) is 23.5 Å². The first-order valence-corrected chi connectivity index (χ1v) is 5.61. The molecule has 0 aromatic heterocycles. The van der Waals surface area contributed by atoms with Gasteiger partial charge in [0.1, 0.15) is 11.5 Å². The van der Waals surface area contributed by atoms with Crippen LogP contribution in [0.5, 0.6) is 5.75 Å². The predicted octanol–water partition coefficient (Wildman–Crippen LogP) is 1.89. The van der Waals surface area contributed by atoms with E-state index in [1.54, 1.807) is 18.2 Å². The van der Waals surface area contributed by atoms with Crippen molar-refractivity contribution < 1.29 is 9.90 Å². The SMILES string of the molecule is CC(C)NCCC(=O)Cc1cccc(O)c1. The second-order valence-electron chi connectivity index (χ2n) is 4.24. The monoisotopic (exact) mass is 221 g/mol. The zero-order valence-electron chi connectivity index (χ0n) is 9.86. The fourth-order valence-electron chi connectivity index (χ4n) is 1.48. The van der Waals surface area contributed by atoms with Gasteiger partial charge in [0, 0.05) is 25.4 Å². The van der Waals surface area contributed by atoms with E-state index in [1.165, 1.54) is 0 Å². The molecule has 0 saturated heterocycles. The van der Waals surface area contributed by atoms with E-state index in [-0.39, 0.29) is 11.5 Å². The average molecular weight is 221 g/mol. The van der Waals surface area contributed by atoms with Crippen molar-refractivity contribution in [1.82, 2.24) is 5.32 Å². The Hall–Kier alpha value is -1.35. The van der Waals surface area contributed by atoms with Crippen LogP contribution >= 0.6 is 0 Å². The largest absolute Gasteiger partial charge is 0.508 e. The Labute approximate surface area is 96.5 Å². The molecule has 3 nitrogen and oxygen atoms in total. The van der Waals surface area contributed by atoms with E-state index >= 15 is 0 Å². The van der Waals surface area contributed by atoms with E-state index in [2.05, 4.69) is 19.2 Å². The van der Waals surface area contributed by atoms with Crippen molar-refractivity contribution in [2.75, 3.05) is 6.54 Å². The number of Topliss-reactive ketones (excluding diaryl/α,β-unsaturated/α-hetero) is 1. The molecule has 2 N–H and O–H groups in total. The number of nitrogens with one attached hydrogen (secondary N) is 1. The van der Waals surface area contributed by atoms with Crippen molar-refractivity contribution in [2.45, 2.75) is 32.7 Å². The number of ketones is 1. The third-order valence-electron chi connectivity index (χ3n) is 2.27. The zero-order chi connectivity index (χ0) is 12.0. The molecule has 3 heteroatoms. The molecule has 0 fully saturated rings. The Kier molecular flexibility index (Phi) is 4.99. The second-order valence-corrected chi connectivity index (χ2v) is 4.24. The van der Waals surface area contributed by atoms with Crippen LogP contribution in [0.1, 0.15) is 25.8 Å². The summed E-state index contributed by atoms with van der Waals surface area (Å²) in [7, 11) is 0. The minimum absolute atomic E-state index is 0.193. The van der Waals surface area contributed by atoms with E-state index in [0.29, 0.717) is 18.9 Å². The van der Waals surface area contributed by atoms with Gasteiger partial charge in [-0.2, -0.15) is 0 Å². The lowest BCUT2D eigenvalue weighted by Gasteiger charge is -2.07.